The molecule has 0 spiro atoms. The van der Waals surface area contributed by atoms with Crippen molar-refractivity contribution in [1.29, 1.82) is 0 Å². The van der Waals surface area contributed by atoms with Gasteiger partial charge in [-0.25, -0.2) is 0 Å². The smallest absolute Gasteiger partial charge is 0.218 e. The van der Waals surface area contributed by atoms with E-state index in [0.29, 0.717) is 13.0 Å². The number of hydrogen-bond acceptors (Lipinski definition) is 2. The van der Waals surface area contributed by atoms with Crippen LogP contribution < -0.4 is 11.1 Å². The van der Waals surface area contributed by atoms with Crippen LogP contribution in [-0.2, 0) is 11.3 Å². The average molecular weight is 257 g/mol. The fourth-order valence-corrected chi connectivity index (χ4v) is 1.54. The minimum absolute atomic E-state index is 0.272. The van der Waals surface area contributed by atoms with Crippen LogP contribution in [0.25, 0.3) is 0 Å². The molecule has 0 bridgehead atoms. The monoisotopic (exact) mass is 256 g/mol. The Hall–Kier alpha value is -0.870. The number of primary amides is 1. The summed E-state index contributed by atoms with van der Waals surface area (Å²) in [6.07, 6.45) is 0.383. The van der Waals surface area contributed by atoms with Gasteiger partial charge in [-0.15, -0.1) is 0 Å². The molecule has 1 rings (SSSR count). The molecule has 14 heavy (non-hydrogen) atoms. The number of amides is 1. The molecule has 0 unspecified atom stereocenters. The maximum atomic E-state index is 10.4. The number of rotatable bonds is 5. The van der Waals surface area contributed by atoms with E-state index in [1.807, 2.05) is 24.3 Å². The van der Waals surface area contributed by atoms with Crippen molar-refractivity contribution in [2.75, 3.05) is 6.54 Å². The van der Waals surface area contributed by atoms with Crippen LogP contribution in [0.1, 0.15) is 12.0 Å². The number of hydrogen-bond donors (Lipinski definition) is 2. The average Bonchev–Trinajstić information content (AvgIpc) is 2.12. The maximum Gasteiger partial charge on any atom is 0.218 e. The van der Waals surface area contributed by atoms with Crippen molar-refractivity contribution < 1.29 is 4.79 Å². The number of carbonyl (C=O) groups is 1. The van der Waals surface area contributed by atoms with Crippen LogP contribution >= 0.6 is 15.9 Å². The van der Waals surface area contributed by atoms with E-state index in [0.717, 1.165) is 11.0 Å². The highest BCUT2D eigenvalue weighted by Crippen LogP contribution is 2.11. The molecule has 0 aliphatic carbocycles. The molecule has 0 radical (unpaired) electrons. The minimum atomic E-state index is -0.272. The first-order chi connectivity index (χ1) is 6.68. The summed E-state index contributed by atoms with van der Waals surface area (Å²) in [6.45, 7) is 1.38. The fourth-order valence-electron chi connectivity index (χ4n) is 1.09. The predicted molar refractivity (Wildman–Crippen MR) is 59.7 cm³/mol. The van der Waals surface area contributed by atoms with E-state index in [-0.39, 0.29) is 5.91 Å². The third-order valence-electron chi connectivity index (χ3n) is 1.77. The fraction of sp³-hybridized carbons (Fsp3) is 0.300. The Balaban J connectivity index is 2.28. The number of nitrogens with one attached hydrogen (secondary N) is 1. The van der Waals surface area contributed by atoms with Gasteiger partial charge >= 0.3 is 0 Å². The highest BCUT2D eigenvalue weighted by Gasteiger charge is 1.95. The van der Waals surface area contributed by atoms with Gasteiger partial charge in [0.25, 0.3) is 0 Å². The van der Waals surface area contributed by atoms with Crippen molar-refractivity contribution in [3.05, 3.63) is 34.3 Å². The molecule has 0 heterocycles. The normalized spacial score (nSPS) is 10.1. The van der Waals surface area contributed by atoms with Crippen LogP contribution in [0.5, 0.6) is 0 Å². The van der Waals surface area contributed by atoms with E-state index in [1.165, 1.54) is 5.56 Å². The molecule has 76 valence electrons. The van der Waals surface area contributed by atoms with Gasteiger partial charge in [0, 0.05) is 24.0 Å². The molecule has 0 fully saturated rings. The molecule has 0 aliphatic heterocycles. The van der Waals surface area contributed by atoms with Gasteiger partial charge < -0.3 is 11.1 Å². The second-order valence-electron chi connectivity index (χ2n) is 3.02. The largest absolute Gasteiger partial charge is 0.370 e. The summed E-state index contributed by atoms with van der Waals surface area (Å²) in [4.78, 5) is 10.4. The van der Waals surface area contributed by atoms with E-state index in [4.69, 9.17) is 5.73 Å². The third-order valence-corrected chi connectivity index (χ3v) is 2.26. The van der Waals surface area contributed by atoms with E-state index in [9.17, 15) is 4.79 Å². The molecule has 4 heteroatoms. The molecule has 1 amide bonds. The van der Waals surface area contributed by atoms with E-state index < -0.39 is 0 Å². The molecule has 1 aromatic carbocycles. The molecule has 0 aromatic heterocycles. The maximum absolute atomic E-state index is 10.4. The third kappa shape index (κ3) is 4.39. The number of nitrogens with two attached hydrogens (primary N) is 1. The predicted octanol–water partition coefficient (Wildman–Crippen LogP) is 1.41. The quantitative estimate of drug-likeness (QED) is 0.784. The SMILES string of the molecule is NC(=O)CCNCc1cccc(Br)c1. The molecule has 3 nitrogen and oxygen atoms in total. The lowest BCUT2D eigenvalue weighted by molar-refractivity contribution is -0.117. The van der Waals surface area contributed by atoms with Crippen molar-refractivity contribution in [2.45, 2.75) is 13.0 Å². The van der Waals surface area contributed by atoms with Crippen LogP contribution in [0.15, 0.2) is 28.7 Å². The van der Waals surface area contributed by atoms with E-state index in [1.54, 1.807) is 0 Å². The Bertz CT molecular complexity index is 315. The van der Waals surface area contributed by atoms with E-state index >= 15 is 0 Å². The van der Waals surface area contributed by atoms with Crippen LogP contribution in [0.2, 0.25) is 0 Å². The zero-order valence-electron chi connectivity index (χ0n) is 7.79. The summed E-state index contributed by atoms with van der Waals surface area (Å²) in [5.41, 5.74) is 6.19. The summed E-state index contributed by atoms with van der Waals surface area (Å²) < 4.78 is 1.06. The lowest BCUT2D eigenvalue weighted by Gasteiger charge is -2.03. The molecule has 0 saturated heterocycles. The first-order valence-electron chi connectivity index (χ1n) is 4.42. The number of benzene rings is 1. The minimum Gasteiger partial charge on any atom is -0.370 e. The molecule has 0 atom stereocenters. The van der Waals surface area contributed by atoms with Crippen molar-refractivity contribution >= 4 is 21.8 Å². The lowest BCUT2D eigenvalue weighted by Crippen LogP contribution is -2.21. The summed E-state index contributed by atoms with van der Waals surface area (Å²) in [5.74, 6) is -0.272. The lowest BCUT2D eigenvalue weighted by atomic mass is 10.2. The Morgan fingerprint density at radius 2 is 2.29 bits per heavy atom. The van der Waals surface area contributed by atoms with Crippen LogP contribution in [-0.4, -0.2) is 12.5 Å². The summed E-state index contributed by atoms with van der Waals surface area (Å²) in [5, 5.41) is 3.14. The second-order valence-corrected chi connectivity index (χ2v) is 3.94. The molecule has 0 aliphatic rings. The van der Waals surface area contributed by atoms with Gasteiger partial charge in [-0.3, -0.25) is 4.79 Å². The zero-order valence-corrected chi connectivity index (χ0v) is 9.38. The second kappa shape index (κ2) is 5.78. The number of carbonyl (C=O) groups excluding carboxylic acids is 1. The van der Waals surface area contributed by atoms with Gasteiger partial charge in [0.1, 0.15) is 0 Å². The first-order valence-corrected chi connectivity index (χ1v) is 5.21. The molecule has 1 aromatic rings. The van der Waals surface area contributed by atoms with Crippen LogP contribution in [0.4, 0.5) is 0 Å². The Morgan fingerprint density at radius 1 is 1.50 bits per heavy atom. The summed E-state index contributed by atoms with van der Waals surface area (Å²) in [7, 11) is 0. The first kappa shape index (κ1) is 11.2. The van der Waals surface area contributed by atoms with Crippen molar-refractivity contribution in [3.63, 3.8) is 0 Å². The molecule has 3 N–H and O–H groups in total. The van der Waals surface area contributed by atoms with Gasteiger partial charge in [-0.05, 0) is 17.7 Å². The van der Waals surface area contributed by atoms with Crippen molar-refractivity contribution in [1.82, 2.24) is 5.32 Å². The zero-order chi connectivity index (χ0) is 10.4. The van der Waals surface area contributed by atoms with Gasteiger partial charge in [-0.2, -0.15) is 0 Å². The standard InChI is InChI=1S/C10H13BrN2O/c11-9-3-1-2-8(6-9)7-13-5-4-10(12)14/h1-3,6,13H,4-5,7H2,(H2,12,14). The molecular formula is C10H13BrN2O. The Labute approximate surface area is 91.8 Å². The highest BCUT2D eigenvalue weighted by molar-refractivity contribution is 9.10. The Kier molecular flexibility index (Phi) is 4.62. The van der Waals surface area contributed by atoms with Gasteiger partial charge in [0.2, 0.25) is 5.91 Å². The van der Waals surface area contributed by atoms with E-state index in [2.05, 4.69) is 21.2 Å². The van der Waals surface area contributed by atoms with Gasteiger partial charge in [-0.1, -0.05) is 28.1 Å². The van der Waals surface area contributed by atoms with Gasteiger partial charge in [0.05, 0.1) is 0 Å². The summed E-state index contributed by atoms with van der Waals surface area (Å²) in [6, 6.07) is 8.03. The Morgan fingerprint density at radius 3 is 2.93 bits per heavy atom. The highest BCUT2D eigenvalue weighted by atomic mass is 79.9. The molecular weight excluding hydrogens is 244 g/mol. The number of halogens is 1. The van der Waals surface area contributed by atoms with Crippen LogP contribution in [0, 0.1) is 0 Å². The van der Waals surface area contributed by atoms with Gasteiger partial charge in [0.15, 0.2) is 0 Å². The summed E-state index contributed by atoms with van der Waals surface area (Å²) >= 11 is 3.39. The van der Waals surface area contributed by atoms with Crippen LogP contribution in [0.3, 0.4) is 0 Å². The van der Waals surface area contributed by atoms with Crippen molar-refractivity contribution in [2.24, 2.45) is 5.73 Å². The molecule has 0 saturated carbocycles. The van der Waals surface area contributed by atoms with Crippen molar-refractivity contribution in [3.8, 4) is 0 Å². The topological polar surface area (TPSA) is 55.1 Å².